The van der Waals surface area contributed by atoms with E-state index in [-0.39, 0.29) is 58.1 Å². The molecule has 9 N–H and O–H groups in total. The average Bonchev–Trinajstić information content (AvgIpc) is 0.915. The third kappa shape index (κ3) is 24.8. The number of aliphatic carboxylic acids is 1. The second-order valence-corrected chi connectivity index (χ2v) is 25.5. The number of halogens is 6. The fourth-order valence-electron chi connectivity index (χ4n) is 6.08. The number of carboxylic acid groups (broad SMARTS) is 2. The number of ether oxygens (including phenoxy) is 6. The third-order valence-electron chi connectivity index (χ3n) is 10.1. The Bertz CT molecular complexity index is 3990. The van der Waals surface area contributed by atoms with Gasteiger partial charge in [0, 0.05) is 36.2 Å². The predicted octanol–water partition coefficient (Wildman–Crippen LogP) is 6.25. The number of benzene rings is 3. The predicted molar refractivity (Wildman–Crippen MR) is 306 cm³/mol. The summed E-state index contributed by atoms with van der Waals surface area (Å²) in [4.78, 5) is 92.4. The molecule has 0 saturated heterocycles. The van der Waals surface area contributed by atoms with Crippen molar-refractivity contribution in [1.82, 2.24) is 34.4 Å². The molecule has 0 fully saturated rings. The Balaban J connectivity index is 0.000000332. The highest BCUT2D eigenvalue weighted by Crippen LogP contribution is 2.36. The van der Waals surface area contributed by atoms with Crippen LogP contribution in [0.3, 0.4) is 0 Å². The van der Waals surface area contributed by atoms with Crippen LogP contribution in [0.4, 0.5) is 44.7 Å². The summed E-state index contributed by atoms with van der Waals surface area (Å²) in [6, 6.07) is 13.0. The zero-order valence-corrected chi connectivity index (χ0v) is 51.6. The Hall–Kier alpha value is -9.38. The Kier molecular flexibility index (Phi) is 28.3. The minimum absolute atomic E-state index is 0.0412. The minimum atomic E-state index is -4.71. The second kappa shape index (κ2) is 34.0. The van der Waals surface area contributed by atoms with Crippen molar-refractivity contribution in [3.63, 3.8) is 0 Å². The van der Waals surface area contributed by atoms with Gasteiger partial charge in [-0.25, -0.2) is 50.4 Å². The number of nitrogens with zero attached hydrogens (tertiary/aromatic N) is 6. The molecule has 0 bridgehead atoms. The molecule has 3 aromatic heterocycles. The molecule has 0 spiro atoms. The van der Waals surface area contributed by atoms with Gasteiger partial charge in [-0.1, -0.05) is 42.3 Å². The molecule has 0 aliphatic heterocycles. The van der Waals surface area contributed by atoms with Crippen LogP contribution in [0.25, 0.3) is 0 Å². The number of sulfone groups is 1. The van der Waals surface area contributed by atoms with Crippen molar-refractivity contribution >= 4 is 108 Å². The monoisotopic (exact) mass is 1410 g/mol. The van der Waals surface area contributed by atoms with Gasteiger partial charge in [-0.3, -0.25) is 30.1 Å². The van der Waals surface area contributed by atoms with Crippen LogP contribution in [-0.4, -0.2) is 159 Å². The molecule has 0 aliphatic rings. The fourth-order valence-corrected chi connectivity index (χ4v) is 10.9. The molecule has 494 valence electrons. The van der Waals surface area contributed by atoms with Crippen molar-refractivity contribution in [3.05, 3.63) is 122 Å². The van der Waals surface area contributed by atoms with Gasteiger partial charge in [0.1, 0.15) is 32.9 Å². The van der Waals surface area contributed by atoms with Crippen LogP contribution in [0.1, 0.15) is 34.1 Å². The number of amides is 4. The molecular formula is C47H48Cl2F4N11O23PS3. The van der Waals surface area contributed by atoms with Gasteiger partial charge in [-0.2, -0.15) is 45.9 Å². The van der Waals surface area contributed by atoms with E-state index >= 15 is 0 Å². The van der Waals surface area contributed by atoms with Gasteiger partial charge in [0.05, 0.1) is 54.7 Å². The maximum atomic E-state index is 12.5. The van der Waals surface area contributed by atoms with E-state index in [0.717, 1.165) is 37.6 Å². The van der Waals surface area contributed by atoms with Crippen LogP contribution < -0.4 is 49.5 Å². The number of hydrogen-bond acceptors (Lipinski definition) is 26. The highest BCUT2D eigenvalue weighted by atomic mass is 35.5. The number of urea groups is 2. The number of rotatable bonds is 23. The lowest BCUT2D eigenvalue weighted by atomic mass is 10.1. The first-order valence-electron chi connectivity index (χ1n) is 24.1. The summed E-state index contributed by atoms with van der Waals surface area (Å²) in [6.45, 7) is -4.28. The van der Waals surface area contributed by atoms with Gasteiger partial charge in [0.2, 0.25) is 35.4 Å². The van der Waals surface area contributed by atoms with E-state index in [0.29, 0.717) is 16.8 Å². The molecule has 2 atom stereocenters. The SMILES string of the molecule is CCS(=O)(=O)c1cccnc1S(=O)(=O)NC(=O)Nc1nc(OC)cc(OC)n1.COC(=O)c1cc(Oc2ccc(Cl)cc2Cl)ccc1[N+](=O)[O-].CP(=O)(O)CCC(N)C(=O)O.O=C(Nc1nc(OC(F)F)cc(OC(F)F)n1)NS(=O)(=O)c1ccccc1C(=O)O. The number of methoxy groups -OCH3 is 3. The average molecular weight is 1410 g/mol. The summed E-state index contributed by atoms with van der Waals surface area (Å²) in [7, 11) is -12.5. The highest BCUT2D eigenvalue weighted by Gasteiger charge is 2.30. The number of nitro benzene ring substituents is 1. The fraction of sp³-hybridized carbons (Fsp3) is 0.234. The van der Waals surface area contributed by atoms with E-state index in [4.69, 9.17) is 58.3 Å². The molecule has 0 aliphatic carbocycles. The molecule has 91 heavy (non-hydrogen) atoms. The Morgan fingerprint density at radius 3 is 1.71 bits per heavy atom. The molecule has 3 heterocycles. The van der Waals surface area contributed by atoms with Gasteiger partial charge >= 0.3 is 43.2 Å². The van der Waals surface area contributed by atoms with E-state index in [1.165, 1.54) is 75.0 Å². The molecule has 6 rings (SSSR count). The topological polar surface area (TPSA) is 503 Å². The van der Waals surface area contributed by atoms with E-state index < -0.39 is 129 Å². The number of carboxylic acids is 2. The van der Waals surface area contributed by atoms with E-state index in [1.54, 1.807) is 22.2 Å². The van der Waals surface area contributed by atoms with Crippen molar-refractivity contribution < 1.29 is 120 Å². The van der Waals surface area contributed by atoms with Crippen molar-refractivity contribution in [2.75, 3.05) is 50.5 Å². The Morgan fingerprint density at radius 2 is 1.24 bits per heavy atom. The summed E-state index contributed by atoms with van der Waals surface area (Å²) < 4.78 is 164. The summed E-state index contributed by atoms with van der Waals surface area (Å²) in [6.07, 6.45) is 1.09. The van der Waals surface area contributed by atoms with Crippen molar-refractivity contribution in [2.45, 2.75) is 47.4 Å². The number of pyridine rings is 1. The number of anilines is 2. The van der Waals surface area contributed by atoms with E-state index in [9.17, 15) is 81.5 Å². The van der Waals surface area contributed by atoms with Crippen LogP contribution in [0.2, 0.25) is 10.0 Å². The van der Waals surface area contributed by atoms with Gasteiger partial charge in [-0.05, 0) is 55.0 Å². The van der Waals surface area contributed by atoms with Crippen LogP contribution in [0, 0.1) is 10.1 Å². The number of aromatic carboxylic acids is 1. The second-order valence-electron chi connectivity index (χ2n) is 16.6. The Morgan fingerprint density at radius 1 is 0.725 bits per heavy atom. The zero-order chi connectivity index (χ0) is 68.8. The number of sulfonamides is 2. The van der Waals surface area contributed by atoms with E-state index in [2.05, 4.69) is 44.4 Å². The number of carbonyl (C=O) groups excluding carboxylic acids is 3. The normalized spacial score (nSPS) is 12.0. The number of nitro groups is 1. The molecular weight excluding hydrogens is 1360 g/mol. The largest absolute Gasteiger partial charge is 0.481 e. The first-order valence-corrected chi connectivity index (χ1v) is 31.7. The quantitative estimate of drug-likeness (QED) is 0.0115. The molecule has 44 heteroatoms. The maximum absolute atomic E-state index is 12.5. The van der Waals surface area contributed by atoms with Gasteiger partial charge in [0.25, 0.3) is 25.7 Å². The van der Waals surface area contributed by atoms with Gasteiger partial charge in [-0.15, -0.1) is 0 Å². The molecule has 0 saturated carbocycles. The number of nitrogens with one attached hydrogen (secondary N) is 4. The van der Waals surface area contributed by atoms with Crippen LogP contribution >= 0.6 is 30.6 Å². The molecule has 3 aromatic carbocycles. The zero-order valence-electron chi connectivity index (χ0n) is 46.7. The summed E-state index contributed by atoms with van der Waals surface area (Å²) in [5.74, 6) is -6.44. The lowest BCUT2D eigenvalue weighted by molar-refractivity contribution is -0.385. The number of carbonyl (C=O) groups is 5. The molecule has 0 radical (unpaired) electrons. The lowest BCUT2D eigenvalue weighted by Gasteiger charge is -2.11. The first kappa shape index (κ1) is 75.9. The number of hydrogen-bond donors (Lipinski definition) is 8. The molecule has 2 unspecified atom stereocenters. The number of alkyl halides is 4. The maximum Gasteiger partial charge on any atom is 0.388 e. The molecule has 34 nitrogen and oxygen atoms in total. The molecule has 4 amide bonds. The minimum Gasteiger partial charge on any atom is -0.481 e. The number of esters is 1. The van der Waals surface area contributed by atoms with Gasteiger partial charge in [0.15, 0.2) is 22.2 Å². The summed E-state index contributed by atoms with van der Waals surface area (Å²) in [5, 5.41) is 32.0. The Labute approximate surface area is 521 Å². The first-order chi connectivity index (χ1) is 42.3. The van der Waals surface area contributed by atoms with Crippen LogP contribution in [0.15, 0.2) is 106 Å². The van der Waals surface area contributed by atoms with Crippen molar-refractivity contribution in [2.24, 2.45) is 5.73 Å². The molecule has 6 aromatic rings. The van der Waals surface area contributed by atoms with Crippen molar-refractivity contribution in [3.8, 4) is 35.0 Å². The van der Waals surface area contributed by atoms with Crippen molar-refractivity contribution in [1.29, 1.82) is 0 Å². The third-order valence-corrected chi connectivity index (χ3v) is 16.3. The lowest BCUT2D eigenvalue weighted by Crippen LogP contribution is -2.36. The van der Waals surface area contributed by atoms with Crippen LogP contribution in [-0.2, 0) is 44.0 Å². The van der Waals surface area contributed by atoms with Gasteiger partial charge < -0.3 is 49.3 Å². The number of nitrogens with two attached hydrogens (primary N) is 1. The van der Waals surface area contributed by atoms with Crippen LogP contribution in [0.5, 0.6) is 35.0 Å². The number of aromatic nitrogens is 5. The highest BCUT2D eigenvalue weighted by molar-refractivity contribution is 7.93. The van der Waals surface area contributed by atoms with E-state index in [1.807, 2.05) is 0 Å². The summed E-state index contributed by atoms with van der Waals surface area (Å²) >= 11 is 11.8. The summed E-state index contributed by atoms with van der Waals surface area (Å²) in [5.41, 5.74) is 3.86. The smallest absolute Gasteiger partial charge is 0.388 e. The standard InChI is InChI=1S/C14H9Cl2NO5.C14H10F4N4O7S.C14H17N5O7S2.C5H12NO4P/c1-21-14(18)10-7-9(3-4-12(10)17(19)20)22-13-5-2-8(15)6-11(13)16;15-11(16)28-8-5-9(29-12(17)18)20-13(19-8)21-14(25)22-30(26,27)7-4-2-1-3-6(7)10(23)24;1-4-27(21,22)9-6-5-7-15-12(9)28(23,24)19-14(20)18-13-16-10(25-2)8-11(17-13)26-3;1-11(9,10)3-2-4(6)5(7)8/h2-7H,1H3;1-5,11-12H,(H,23,24)(H2,19,20,21,22,25);5-8H,4H2,1-3H3,(H2,16,17,18,19,20);4H,2-3,6H2,1H3,(H,7,8)(H,9,10).